The summed E-state index contributed by atoms with van der Waals surface area (Å²) in [4.78, 5) is 22.0. The van der Waals surface area contributed by atoms with E-state index >= 15 is 0 Å². The molecule has 0 atom stereocenters. The van der Waals surface area contributed by atoms with Crippen molar-refractivity contribution in [2.24, 2.45) is 0 Å². The summed E-state index contributed by atoms with van der Waals surface area (Å²) in [7, 11) is 0. The zero-order valence-corrected chi connectivity index (χ0v) is 16.6. The second kappa shape index (κ2) is 7.11. The van der Waals surface area contributed by atoms with E-state index in [1.807, 2.05) is 61.0 Å². The van der Waals surface area contributed by atoms with Crippen molar-refractivity contribution < 1.29 is 0 Å². The summed E-state index contributed by atoms with van der Waals surface area (Å²) in [5, 5.41) is 3.88. The van der Waals surface area contributed by atoms with Gasteiger partial charge in [0, 0.05) is 45.8 Å². The minimum atomic E-state index is -0.0368. The summed E-state index contributed by atoms with van der Waals surface area (Å²) in [6.07, 6.45) is 8.99. The number of benzene rings is 1. The molecule has 4 nitrogen and oxygen atoms in total. The fourth-order valence-electron chi connectivity index (χ4n) is 3.48. The van der Waals surface area contributed by atoms with Gasteiger partial charge in [-0.25, -0.2) is 4.98 Å². The Balaban J connectivity index is 1.60. The van der Waals surface area contributed by atoms with Crippen LogP contribution in [0.15, 0.2) is 77.3 Å². The maximum atomic E-state index is 13.2. The van der Waals surface area contributed by atoms with Crippen molar-refractivity contribution in [1.29, 1.82) is 0 Å². The van der Waals surface area contributed by atoms with Crippen LogP contribution in [0.3, 0.4) is 0 Å². The second-order valence-electron chi connectivity index (χ2n) is 6.85. The van der Waals surface area contributed by atoms with Crippen molar-refractivity contribution in [3.63, 3.8) is 0 Å². The van der Waals surface area contributed by atoms with Crippen LogP contribution in [0.4, 0.5) is 0 Å². The van der Waals surface area contributed by atoms with Gasteiger partial charge in [0.05, 0.1) is 16.6 Å². The Morgan fingerprint density at radius 2 is 1.90 bits per heavy atom. The molecule has 0 saturated carbocycles. The first kappa shape index (κ1) is 17.5. The number of nitrogens with zero attached hydrogens (tertiary/aromatic N) is 3. The zero-order valence-electron chi connectivity index (χ0n) is 15.7. The monoisotopic (exact) mass is 395 g/mol. The average Bonchev–Trinajstić information content (AvgIpc) is 3.19. The number of thiophene rings is 1. The molecule has 0 unspecified atom stereocenters. The lowest BCUT2D eigenvalue weighted by molar-refractivity contribution is 1.09. The fraction of sp³-hybridized carbons (Fsp3) is 0.0417. The number of rotatable bonds is 3. The highest BCUT2D eigenvalue weighted by Gasteiger charge is 2.11. The van der Waals surface area contributed by atoms with Gasteiger partial charge in [-0.15, -0.1) is 11.3 Å². The number of hydrogen-bond acceptors (Lipinski definition) is 4. The predicted molar refractivity (Wildman–Crippen MR) is 121 cm³/mol. The lowest BCUT2D eigenvalue weighted by Crippen LogP contribution is -2.14. The zero-order chi connectivity index (χ0) is 19.8. The first-order chi connectivity index (χ1) is 14.2. The molecule has 0 radical (unpaired) electrons. The van der Waals surface area contributed by atoms with Crippen molar-refractivity contribution in [2.45, 2.75) is 6.92 Å². The predicted octanol–water partition coefficient (Wildman–Crippen LogP) is 5.61. The summed E-state index contributed by atoms with van der Waals surface area (Å²) in [5.74, 6) is 0. The molecule has 0 aliphatic carbocycles. The first-order valence-electron chi connectivity index (χ1n) is 9.28. The largest absolute Gasteiger partial charge is 0.290 e. The van der Waals surface area contributed by atoms with Crippen LogP contribution >= 0.6 is 11.3 Å². The minimum Gasteiger partial charge on any atom is -0.290 e. The molecule has 0 aliphatic rings. The van der Waals surface area contributed by atoms with Gasteiger partial charge in [-0.3, -0.25) is 14.3 Å². The van der Waals surface area contributed by atoms with Crippen LogP contribution in [0.1, 0.15) is 11.3 Å². The van der Waals surface area contributed by atoms with Crippen molar-refractivity contribution >= 4 is 44.6 Å². The van der Waals surface area contributed by atoms with E-state index in [-0.39, 0.29) is 5.56 Å². The molecule has 29 heavy (non-hydrogen) atoms. The van der Waals surface area contributed by atoms with E-state index in [1.54, 1.807) is 34.5 Å². The van der Waals surface area contributed by atoms with Gasteiger partial charge in [0.2, 0.25) is 0 Å². The van der Waals surface area contributed by atoms with Gasteiger partial charge in [-0.05, 0) is 54.5 Å². The van der Waals surface area contributed by atoms with Gasteiger partial charge in [0.15, 0.2) is 0 Å². The lowest BCUT2D eigenvalue weighted by atomic mass is 10.1. The molecule has 0 spiro atoms. The van der Waals surface area contributed by atoms with Crippen molar-refractivity contribution in [3.8, 4) is 11.1 Å². The van der Waals surface area contributed by atoms with E-state index in [1.165, 1.54) is 0 Å². The number of pyridine rings is 3. The third kappa shape index (κ3) is 3.15. The van der Waals surface area contributed by atoms with Crippen molar-refractivity contribution in [1.82, 2.24) is 14.5 Å². The molecule has 0 amide bonds. The molecule has 0 aliphatic heterocycles. The van der Waals surface area contributed by atoms with E-state index in [2.05, 4.69) is 17.1 Å². The Bertz CT molecular complexity index is 1430. The number of fused-ring (bicyclic) bond motifs is 2. The van der Waals surface area contributed by atoms with Crippen LogP contribution in [-0.4, -0.2) is 14.5 Å². The van der Waals surface area contributed by atoms with E-state index in [0.29, 0.717) is 0 Å². The van der Waals surface area contributed by atoms with Crippen LogP contribution in [0.5, 0.6) is 0 Å². The molecule has 4 aromatic heterocycles. The first-order valence-corrected chi connectivity index (χ1v) is 10.2. The van der Waals surface area contributed by atoms with Crippen molar-refractivity contribution in [3.05, 3.63) is 94.1 Å². The van der Waals surface area contributed by atoms with Crippen LogP contribution in [0, 0.1) is 6.92 Å². The number of aromatic nitrogens is 3. The topological polar surface area (TPSA) is 47.8 Å². The van der Waals surface area contributed by atoms with Gasteiger partial charge >= 0.3 is 0 Å². The van der Waals surface area contributed by atoms with Gasteiger partial charge in [0.25, 0.3) is 5.56 Å². The van der Waals surface area contributed by atoms with Crippen LogP contribution in [0.2, 0.25) is 0 Å². The molecular weight excluding hydrogens is 378 g/mol. The third-order valence-corrected chi connectivity index (χ3v) is 5.94. The molecule has 5 rings (SSSR count). The Morgan fingerprint density at radius 1 is 1.07 bits per heavy atom. The highest BCUT2D eigenvalue weighted by Crippen LogP contribution is 2.31. The van der Waals surface area contributed by atoms with E-state index in [4.69, 9.17) is 4.98 Å². The molecular formula is C24H17N3OS. The summed E-state index contributed by atoms with van der Waals surface area (Å²) >= 11 is 1.58. The Labute approximate surface area is 171 Å². The fourth-order valence-corrected chi connectivity index (χ4v) is 4.43. The highest BCUT2D eigenvalue weighted by molar-refractivity contribution is 7.17. The average molecular weight is 395 g/mol. The maximum Gasteiger partial charge on any atom is 0.263 e. The number of para-hydroxylation sites is 1. The number of aryl methyl sites for hydroxylation is 1. The molecule has 0 saturated heterocycles. The molecule has 5 aromatic rings. The third-order valence-electron chi connectivity index (χ3n) is 4.99. The SMILES string of the molecule is Cc1cc2ccccc2nc1/C=C/n1ccc2scc(-c3ccncc3)c2c1=O. The minimum absolute atomic E-state index is 0.0368. The maximum absolute atomic E-state index is 13.2. The summed E-state index contributed by atoms with van der Waals surface area (Å²) in [6, 6.07) is 16.0. The summed E-state index contributed by atoms with van der Waals surface area (Å²) in [5.41, 5.74) is 4.78. The highest BCUT2D eigenvalue weighted by atomic mass is 32.1. The van der Waals surface area contributed by atoms with E-state index < -0.39 is 0 Å². The normalized spacial score (nSPS) is 11.6. The van der Waals surface area contributed by atoms with E-state index in [0.717, 1.165) is 43.4 Å². The van der Waals surface area contributed by atoms with Crippen LogP contribution < -0.4 is 5.56 Å². The molecule has 140 valence electrons. The standard InChI is InChI=1S/C24H17N3OS/c1-16-14-18-4-2-3-5-21(18)26-20(16)8-12-27-13-9-22-23(24(27)28)19(15-29-22)17-6-10-25-11-7-17/h2-15H,1H3/b12-8+. The second-order valence-corrected chi connectivity index (χ2v) is 7.76. The quantitative estimate of drug-likeness (QED) is 0.399. The Hall–Kier alpha value is -3.57. The Kier molecular flexibility index (Phi) is 4.30. The van der Waals surface area contributed by atoms with E-state index in [9.17, 15) is 4.79 Å². The Morgan fingerprint density at radius 3 is 2.76 bits per heavy atom. The molecule has 5 heteroatoms. The van der Waals surface area contributed by atoms with Gasteiger partial charge in [-0.1, -0.05) is 18.2 Å². The molecule has 0 fully saturated rings. The van der Waals surface area contributed by atoms with Gasteiger partial charge < -0.3 is 0 Å². The molecule has 1 aromatic carbocycles. The number of hydrogen-bond donors (Lipinski definition) is 0. The molecule has 4 heterocycles. The van der Waals surface area contributed by atoms with Gasteiger partial charge in [-0.2, -0.15) is 0 Å². The summed E-state index contributed by atoms with van der Waals surface area (Å²) in [6.45, 7) is 2.03. The van der Waals surface area contributed by atoms with Crippen molar-refractivity contribution in [2.75, 3.05) is 0 Å². The smallest absolute Gasteiger partial charge is 0.263 e. The van der Waals surface area contributed by atoms with Gasteiger partial charge in [0.1, 0.15) is 0 Å². The molecule has 0 bridgehead atoms. The molecule has 0 N–H and O–H groups in total. The van der Waals surface area contributed by atoms with Crippen LogP contribution in [-0.2, 0) is 0 Å². The lowest BCUT2D eigenvalue weighted by Gasteiger charge is -2.05. The summed E-state index contributed by atoms with van der Waals surface area (Å²) < 4.78 is 2.60. The van der Waals surface area contributed by atoms with Crippen LogP contribution in [0.25, 0.3) is 44.4 Å².